The number of allylic oxidation sites excluding steroid dienone is 1. The number of aromatic nitrogens is 1. The minimum absolute atomic E-state index is 0.774. The van der Waals surface area contributed by atoms with Crippen molar-refractivity contribution in [2.75, 3.05) is 0 Å². The molecule has 1 aromatic heterocycles. The van der Waals surface area contributed by atoms with Gasteiger partial charge in [-0.3, -0.25) is 4.98 Å². The van der Waals surface area contributed by atoms with Gasteiger partial charge in [-0.2, -0.15) is 0 Å². The van der Waals surface area contributed by atoms with Gasteiger partial charge in [0.2, 0.25) is 0 Å². The Morgan fingerprint density at radius 2 is 2.11 bits per heavy atom. The van der Waals surface area contributed by atoms with Crippen LogP contribution in [0.3, 0.4) is 0 Å². The van der Waals surface area contributed by atoms with Crippen LogP contribution in [-0.2, 0) is 0 Å². The van der Waals surface area contributed by atoms with Crippen molar-refractivity contribution in [3.8, 4) is 0 Å². The monoisotopic (exact) mass is 261 g/mol. The summed E-state index contributed by atoms with van der Waals surface area (Å²) < 4.78 is 0. The summed E-state index contributed by atoms with van der Waals surface area (Å²) in [5.41, 5.74) is 0.774. The SMILES string of the molecule is C=CCC(CCCCC)[Si](C)(C)c1ccccn1. The first-order chi connectivity index (χ1) is 8.62. The van der Waals surface area contributed by atoms with Crippen LogP contribution < -0.4 is 5.32 Å². The molecule has 0 spiro atoms. The van der Waals surface area contributed by atoms with Gasteiger partial charge in [0.25, 0.3) is 0 Å². The largest absolute Gasteiger partial charge is 0.266 e. The van der Waals surface area contributed by atoms with E-state index < -0.39 is 8.07 Å². The van der Waals surface area contributed by atoms with Crippen molar-refractivity contribution in [1.82, 2.24) is 4.98 Å². The molecule has 0 aliphatic carbocycles. The van der Waals surface area contributed by atoms with Crippen LogP contribution in [0.5, 0.6) is 0 Å². The lowest BCUT2D eigenvalue weighted by Gasteiger charge is -2.31. The predicted molar refractivity (Wildman–Crippen MR) is 84.1 cm³/mol. The minimum Gasteiger partial charge on any atom is -0.266 e. The highest BCUT2D eigenvalue weighted by Gasteiger charge is 2.33. The van der Waals surface area contributed by atoms with Crippen molar-refractivity contribution < 1.29 is 0 Å². The maximum atomic E-state index is 4.61. The normalized spacial score (nSPS) is 13.3. The Labute approximate surface area is 113 Å². The molecule has 1 aromatic rings. The molecular formula is C16H27NSi. The molecule has 1 heterocycles. The number of unbranched alkanes of at least 4 members (excludes halogenated alkanes) is 2. The molecule has 0 amide bonds. The Morgan fingerprint density at radius 3 is 2.67 bits per heavy atom. The molecule has 0 fully saturated rings. The molecule has 0 N–H and O–H groups in total. The predicted octanol–water partition coefficient (Wildman–Crippen LogP) is 4.52. The zero-order valence-electron chi connectivity index (χ0n) is 12.2. The van der Waals surface area contributed by atoms with Crippen LogP contribution in [0.1, 0.15) is 39.0 Å². The molecule has 1 rings (SSSR count). The third kappa shape index (κ3) is 4.09. The molecule has 0 radical (unpaired) electrons. The highest BCUT2D eigenvalue weighted by Crippen LogP contribution is 2.31. The van der Waals surface area contributed by atoms with Gasteiger partial charge < -0.3 is 0 Å². The summed E-state index contributed by atoms with van der Waals surface area (Å²) in [5.74, 6) is 0. The van der Waals surface area contributed by atoms with Crippen molar-refractivity contribution in [1.29, 1.82) is 0 Å². The van der Waals surface area contributed by atoms with E-state index in [2.05, 4.69) is 49.8 Å². The van der Waals surface area contributed by atoms with E-state index in [4.69, 9.17) is 0 Å². The van der Waals surface area contributed by atoms with Gasteiger partial charge in [-0.1, -0.05) is 57.8 Å². The van der Waals surface area contributed by atoms with Crippen LogP contribution in [0.2, 0.25) is 18.6 Å². The summed E-state index contributed by atoms with van der Waals surface area (Å²) in [6, 6.07) is 6.34. The minimum atomic E-state index is -1.46. The zero-order chi connectivity index (χ0) is 13.4. The second kappa shape index (κ2) is 7.52. The smallest absolute Gasteiger partial charge is 0.108 e. The van der Waals surface area contributed by atoms with Crippen molar-refractivity contribution in [2.24, 2.45) is 0 Å². The molecule has 1 atom stereocenters. The zero-order valence-corrected chi connectivity index (χ0v) is 13.2. The highest BCUT2D eigenvalue weighted by atomic mass is 28.3. The number of rotatable bonds is 8. The van der Waals surface area contributed by atoms with Gasteiger partial charge in [-0.05, 0) is 24.1 Å². The maximum Gasteiger partial charge on any atom is 0.108 e. The fourth-order valence-electron chi connectivity index (χ4n) is 2.57. The molecule has 0 aromatic carbocycles. The molecular weight excluding hydrogens is 234 g/mol. The quantitative estimate of drug-likeness (QED) is 0.381. The van der Waals surface area contributed by atoms with E-state index in [0.29, 0.717) is 0 Å². The maximum absolute atomic E-state index is 4.61. The third-order valence-corrected chi connectivity index (χ3v) is 8.13. The van der Waals surface area contributed by atoms with E-state index in [1.165, 1.54) is 31.0 Å². The fraction of sp³-hybridized carbons (Fsp3) is 0.562. The van der Waals surface area contributed by atoms with Crippen LogP contribution in [0.25, 0.3) is 0 Å². The Hall–Kier alpha value is -0.893. The van der Waals surface area contributed by atoms with E-state index in [-0.39, 0.29) is 0 Å². The van der Waals surface area contributed by atoms with Gasteiger partial charge in [0.15, 0.2) is 0 Å². The number of nitrogens with zero attached hydrogens (tertiary/aromatic N) is 1. The molecule has 0 saturated heterocycles. The van der Waals surface area contributed by atoms with Crippen molar-refractivity contribution in [3.05, 3.63) is 37.1 Å². The van der Waals surface area contributed by atoms with Gasteiger partial charge in [0.05, 0.1) is 0 Å². The fourth-order valence-corrected chi connectivity index (χ4v) is 5.60. The standard InChI is InChI=1S/C16H27NSi/c1-5-7-8-12-15(11-6-2)18(3,4)16-13-9-10-14-17-16/h6,9-10,13-15H,2,5,7-8,11-12H2,1,3-4H3. The summed E-state index contributed by atoms with van der Waals surface area (Å²) in [6.07, 6.45) is 10.5. The van der Waals surface area contributed by atoms with E-state index in [0.717, 1.165) is 12.0 Å². The first-order valence-electron chi connectivity index (χ1n) is 7.15. The summed E-state index contributed by atoms with van der Waals surface area (Å²) in [6.45, 7) is 11.1. The molecule has 0 saturated carbocycles. The van der Waals surface area contributed by atoms with Gasteiger partial charge in [0, 0.05) is 11.5 Å². The molecule has 0 aliphatic rings. The van der Waals surface area contributed by atoms with Crippen molar-refractivity contribution in [2.45, 2.75) is 57.7 Å². The molecule has 1 unspecified atom stereocenters. The lowest BCUT2D eigenvalue weighted by Crippen LogP contribution is -2.47. The van der Waals surface area contributed by atoms with Gasteiger partial charge >= 0.3 is 0 Å². The number of hydrogen-bond acceptors (Lipinski definition) is 1. The van der Waals surface area contributed by atoms with Gasteiger partial charge in [-0.15, -0.1) is 6.58 Å². The van der Waals surface area contributed by atoms with Crippen molar-refractivity contribution >= 4 is 13.4 Å². The molecule has 2 heteroatoms. The Bertz CT molecular complexity index is 345. The van der Waals surface area contributed by atoms with Crippen LogP contribution in [-0.4, -0.2) is 13.1 Å². The summed E-state index contributed by atoms with van der Waals surface area (Å²) >= 11 is 0. The third-order valence-electron chi connectivity index (χ3n) is 3.95. The number of hydrogen-bond donors (Lipinski definition) is 0. The van der Waals surface area contributed by atoms with E-state index in [1.54, 1.807) is 0 Å². The van der Waals surface area contributed by atoms with Gasteiger partial charge in [0.1, 0.15) is 8.07 Å². The topological polar surface area (TPSA) is 12.9 Å². The van der Waals surface area contributed by atoms with Crippen LogP contribution in [0.4, 0.5) is 0 Å². The first-order valence-corrected chi connectivity index (χ1v) is 10.2. The van der Waals surface area contributed by atoms with E-state index >= 15 is 0 Å². The van der Waals surface area contributed by atoms with Gasteiger partial charge in [-0.25, -0.2) is 0 Å². The number of pyridine rings is 1. The molecule has 0 bridgehead atoms. The summed E-state index contributed by atoms with van der Waals surface area (Å²) in [4.78, 5) is 4.61. The molecule has 18 heavy (non-hydrogen) atoms. The molecule has 100 valence electrons. The second-order valence-electron chi connectivity index (χ2n) is 5.65. The summed E-state index contributed by atoms with van der Waals surface area (Å²) in [5, 5.41) is 1.34. The lowest BCUT2D eigenvalue weighted by molar-refractivity contribution is 0.626. The van der Waals surface area contributed by atoms with Crippen LogP contribution >= 0.6 is 0 Å². The second-order valence-corrected chi connectivity index (χ2v) is 10.4. The summed E-state index contributed by atoms with van der Waals surface area (Å²) in [7, 11) is -1.46. The lowest BCUT2D eigenvalue weighted by atomic mass is 10.1. The van der Waals surface area contributed by atoms with Crippen LogP contribution in [0, 0.1) is 0 Å². The first kappa shape index (κ1) is 15.2. The average Bonchev–Trinajstić information content (AvgIpc) is 2.39. The average molecular weight is 261 g/mol. The Balaban J connectivity index is 2.79. The van der Waals surface area contributed by atoms with Crippen molar-refractivity contribution in [3.63, 3.8) is 0 Å². The van der Waals surface area contributed by atoms with Crippen LogP contribution in [0.15, 0.2) is 37.1 Å². The Kier molecular flexibility index (Phi) is 6.34. The molecule has 0 aliphatic heterocycles. The van der Waals surface area contributed by atoms with E-state index in [1.807, 2.05) is 12.3 Å². The molecule has 1 nitrogen and oxygen atoms in total. The highest BCUT2D eigenvalue weighted by molar-refractivity contribution is 6.90. The van der Waals surface area contributed by atoms with E-state index in [9.17, 15) is 0 Å². The Morgan fingerprint density at radius 1 is 1.33 bits per heavy atom.